The van der Waals surface area contributed by atoms with Crippen LogP contribution in [0.2, 0.25) is 5.02 Å². The minimum absolute atomic E-state index is 0.0739. The summed E-state index contributed by atoms with van der Waals surface area (Å²) in [5.74, 6) is 1.80. The van der Waals surface area contributed by atoms with Crippen LogP contribution in [0.15, 0.2) is 18.2 Å². The number of hydrogen-bond acceptors (Lipinski definition) is 2. The molecule has 0 saturated carbocycles. The highest BCUT2D eigenvalue weighted by Crippen LogP contribution is 2.29. The van der Waals surface area contributed by atoms with Gasteiger partial charge in [0.05, 0.1) is 5.33 Å². The van der Waals surface area contributed by atoms with E-state index in [9.17, 15) is 0 Å². The monoisotopic (exact) mass is 341 g/mol. The predicted octanol–water partition coefficient (Wildman–Crippen LogP) is 4.56. The van der Waals surface area contributed by atoms with E-state index in [0.717, 1.165) is 27.8 Å². The third kappa shape index (κ3) is 2.84. The number of benzene rings is 1. The summed E-state index contributed by atoms with van der Waals surface area (Å²) in [4.78, 5) is 0. The fraction of sp³-hybridized carbons (Fsp3) is 0.429. The largest absolute Gasteiger partial charge is 0.305 e. The lowest BCUT2D eigenvalue weighted by atomic mass is 10.1. The molecule has 1 aromatic carbocycles. The van der Waals surface area contributed by atoms with Crippen LogP contribution in [0.25, 0.3) is 11.4 Å². The van der Waals surface area contributed by atoms with Crippen molar-refractivity contribution < 1.29 is 0 Å². The molecule has 19 heavy (non-hydrogen) atoms. The Hall–Kier alpha value is -0.870. The molecule has 0 bridgehead atoms. The molecular formula is C14H17BrClN3. The first-order valence-corrected chi connectivity index (χ1v) is 7.62. The number of halogens is 2. The van der Waals surface area contributed by atoms with Crippen LogP contribution in [0.3, 0.4) is 0 Å². The van der Waals surface area contributed by atoms with Gasteiger partial charge in [-0.1, -0.05) is 27.5 Å². The third-order valence-corrected chi connectivity index (χ3v) is 3.86. The Labute approximate surface area is 127 Å². The van der Waals surface area contributed by atoms with Crippen molar-refractivity contribution in [2.45, 2.75) is 38.6 Å². The number of aromatic nitrogens is 3. The molecule has 3 nitrogen and oxygen atoms in total. The van der Waals surface area contributed by atoms with Gasteiger partial charge in [-0.2, -0.15) is 0 Å². The van der Waals surface area contributed by atoms with Gasteiger partial charge in [0.1, 0.15) is 5.82 Å². The van der Waals surface area contributed by atoms with E-state index in [4.69, 9.17) is 11.6 Å². The first-order valence-electron chi connectivity index (χ1n) is 6.12. The van der Waals surface area contributed by atoms with Gasteiger partial charge in [-0.3, -0.25) is 0 Å². The lowest BCUT2D eigenvalue weighted by molar-refractivity contribution is 0.391. The Morgan fingerprint density at radius 2 is 1.95 bits per heavy atom. The van der Waals surface area contributed by atoms with E-state index in [0.29, 0.717) is 5.33 Å². The maximum Gasteiger partial charge on any atom is 0.164 e. The molecule has 0 N–H and O–H groups in total. The summed E-state index contributed by atoms with van der Waals surface area (Å²) in [5, 5.41) is 10.1. The number of alkyl halides is 1. The van der Waals surface area contributed by atoms with Gasteiger partial charge in [0, 0.05) is 16.1 Å². The second kappa shape index (κ2) is 5.25. The van der Waals surface area contributed by atoms with Crippen molar-refractivity contribution >= 4 is 27.5 Å². The zero-order valence-corrected chi connectivity index (χ0v) is 13.9. The van der Waals surface area contributed by atoms with Gasteiger partial charge < -0.3 is 4.57 Å². The van der Waals surface area contributed by atoms with Crippen molar-refractivity contribution in [3.8, 4) is 11.4 Å². The van der Waals surface area contributed by atoms with E-state index in [1.54, 1.807) is 0 Å². The summed E-state index contributed by atoms with van der Waals surface area (Å²) in [5.41, 5.74) is 2.01. The third-order valence-electron chi connectivity index (χ3n) is 2.94. The lowest BCUT2D eigenvalue weighted by Gasteiger charge is -2.24. The maximum absolute atomic E-state index is 6.08. The molecule has 0 amide bonds. The van der Waals surface area contributed by atoms with Crippen LogP contribution < -0.4 is 0 Å². The van der Waals surface area contributed by atoms with Crippen molar-refractivity contribution in [2.75, 3.05) is 0 Å². The quantitative estimate of drug-likeness (QED) is 0.749. The molecule has 0 aliphatic heterocycles. The van der Waals surface area contributed by atoms with E-state index in [2.05, 4.69) is 51.5 Å². The summed E-state index contributed by atoms with van der Waals surface area (Å²) in [6, 6.07) is 5.94. The Balaban J connectivity index is 2.62. The van der Waals surface area contributed by atoms with Gasteiger partial charge >= 0.3 is 0 Å². The molecule has 5 heteroatoms. The SMILES string of the molecule is Cc1cc(-c2nnc(CBr)n2C(C)(C)C)ccc1Cl. The van der Waals surface area contributed by atoms with Crippen LogP contribution in [0.5, 0.6) is 0 Å². The topological polar surface area (TPSA) is 30.7 Å². The van der Waals surface area contributed by atoms with Crippen LogP contribution >= 0.6 is 27.5 Å². The highest BCUT2D eigenvalue weighted by atomic mass is 79.9. The molecule has 0 atom stereocenters. The zero-order valence-electron chi connectivity index (χ0n) is 11.5. The lowest BCUT2D eigenvalue weighted by Crippen LogP contribution is -2.24. The van der Waals surface area contributed by atoms with Gasteiger partial charge in [-0.05, 0) is 51.5 Å². The number of hydrogen-bond donors (Lipinski definition) is 0. The summed E-state index contributed by atoms with van der Waals surface area (Å²) >= 11 is 9.55. The molecule has 0 fully saturated rings. The van der Waals surface area contributed by atoms with Crippen LogP contribution in [0.4, 0.5) is 0 Å². The predicted molar refractivity (Wildman–Crippen MR) is 82.8 cm³/mol. The van der Waals surface area contributed by atoms with Gasteiger partial charge in [0.25, 0.3) is 0 Å². The second-order valence-electron chi connectivity index (χ2n) is 5.54. The van der Waals surface area contributed by atoms with Crippen LogP contribution in [-0.2, 0) is 10.9 Å². The summed E-state index contributed by atoms with van der Waals surface area (Å²) in [6.45, 7) is 8.44. The zero-order chi connectivity index (χ0) is 14.2. The Morgan fingerprint density at radius 1 is 1.26 bits per heavy atom. The Morgan fingerprint density at radius 3 is 2.47 bits per heavy atom. The van der Waals surface area contributed by atoms with Gasteiger partial charge in [-0.15, -0.1) is 10.2 Å². The molecule has 1 aromatic heterocycles. The highest BCUT2D eigenvalue weighted by molar-refractivity contribution is 9.08. The number of aryl methyl sites for hydroxylation is 1. The first kappa shape index (κ1) is 14.5. The van der Waals surface area contributed by atoms with E-state index < -0.39 is 0 Å². The molecule has 102 valence electrons. The molecule has 0 radical (unpaired) electrons. The molecule has 0 aliphatic carbocycles. The average Bonchev–Trinajstić information content (AvgIpc) is 2.76. The van der Waals surface area contributed by atoms with E-state index in [-0.39, 0.29) is 5.54 Å². The summed E-state index contributed by atoms with van der Waals surface area (Å²) < 4.78 is 2.16. The maximum atomic E-state index is 6.08. The smallest absolute Gasteiger partial charge is 0.164 e. The molecular weight excluding hydrogens is 326 g/mol. The van der Waals surface area contributed by atoms with Crippen LogP contribution in [-0.4, -0.2) is 14.8 Å². The average molecular weight is 343 g/mol. The first-order chi connectivity index (χ1) is 8.84. The van der Waals surface area contributed by atoms with E-state index >= 15 is 0 Å². The molecule has 0 unspecified atom stereocenters. The standard InChI is InChI=1S/C14H17BrClN3/c1-9-7-10(5-6-11(9)16)13-18-17-12(8-15)19(13)14(2,3)4/h5-7H,8H2,1-4H3. The second-order valence-corrected chi connectivity index (χ2v) is 6.51. The molecule has 2 rings (SSSR count). The summed E-state index contributed by atoms with van der Waals surface area (Å²) in [7, 11) is 0. The molecule has 0 spiro atoms. The number of nitrogens with zero attached hydrogens (tertiary/aromatic N) is 3. The van der Waals surface area contributed by atoms with E-state index in [1.807, 2.05) is 25.1 Å². The highest BCUT2D eigenvalue weighted by Gasteiger charge is 2.23. The van der Waals surface area contributed by atoms with Crippen molar-refractivity contribution in [2.24, 2.45) is 0 Å². The Kier molecular flexibility index (Phi) is 4.02. The fourth-order valence-corrected chi connectivity index (χ4v) is 2.56. The number of rotatable bonds is 2. The normalized spacial score (nSPS) is 11.9. The van der Waals surface area contributed by atoms with Crippen molar-refractivity contribution in [1.82, 2.24) is 14.8 Å². The van der Waals surface area contributed by atoms with Crippen molar-refractivity contribution in [3.05, 3.63) is 34.6 Å². The van der Waals surface area contributed by atoms with Gasteiger partial charge in [-0.25, -0.2) is 0 Å². The fourth-order valence-electron chi connectivity index (χ4n) is 2.08. The van der Waals surface area contributed by atoms with Crippen LogP contribution in [0.1, 0.15) is 32.2 Å². The molecule has 1 heterocycles. The minimum Gasteiger partial charge on any atom is -0.305 e. The van der Waals surface area contributed by atoms with Crippen LogP contribution in [0, 0.1) is 6.92 Å². The molecule has 0 saturated heterocycles. The molecule has 0 aliphatic rings. The Bertz CT molecular complexity index is 599. The minimum atomic E-state index is -0.0739. The van der Waals surface area contributed by atoms with Crippen molar-refractivity contribution in [3.63, 3.8) is 0 Å². The van der Waals surface area contributed by atoms with Crippen molar-refractivity contribution in [1.29, 1.82) is 0 Å². The van der Waals surface area contributed by atoms with E-state index in [1.165, 1.54) is 0 Å². The molecule has 2 aromatic rings. The van der Waals surface area contributed by atoms with Gasteiger partial charge in [0.2, 0.25) is 0 Å². The summed E-state index contributed by atoms with van der Waals surface area (Å²) in [6.07, 6.45) is 0. The van der Waals surface area contributed by atoms with Gasteiger partial charge in [0.15, 0.2) is 5.82 Å².